The molecule has 1 aliphatic rings. The summed E-state index contributed by atoms with van der Waals surface area (Å²) < 4.78 is 11.7. The molecule has 1 aliphatic heterocycles. The highest BCUT2D eigenvalue weighted by molar-refractivity contribution is 5.97. The molecule has 0 N–H and O–H groups in total. The number of amides is 2. The van der Waals surface area contributed by atoms with Crippen LogP contribution in [0.15, 0.2) is 50.2 Å². The molecule has 0 unspecified atom stereocenters. The van der Waals surface area contributed by atoms with Crippen molar-refractivity contribution in [1.29, 1.82) is 0 Å². The van der Waals surface area contributed by atoms with Crippen LogP contribution in [0.25, 0.3) is 11.1 Å². The van der Waals surface area contributed by atoms with Crippen molar-refractivity contribution in [1.82, 2.24) is 14.4 Å². The zero-order valence-electron chi connectivity index (χ0n) is 14.2. The summed E-state index contributed by atoms with van der Waals surface area (Å²) in [7, 11) is 1.62. The van der Waals surface area contributed by atoms with E-state index in [-0.39, 0.29) is 11.8 Å². The number of benzene rings is 1. The van der Waals surface area contributed by atoms with Crippen LogP contribution in [0, 0.1) is 0 Å². The van der Waals surface area contributed by atoms with Gasteiger partial charge in [-0.15, -0.1) is 0 Å². The number of furan rings is 1. The fourth-order valence-electron chi connectivity index (χ4n) is 3.12. The number of fused-ring (bicyclic) bond motifs is 1. The average molecular weight is 355 g/mol. The molecule has 4 rings (SSSR count). The predicted octanol–water partition coefficient (Wildman–Crippen LogP) is 1.32. The van der Waals surface area contributed by atoms with Gasteiger partial charge in [-0.2, -0.15) is 0 Å². The van der Waals surface area contributed by atoms with Crippen LogP contribution in [-0.2, 0) is 7.05 Å². The summed E-state index contributed by atoms with van der Waals surface area (Å²) in [6.07, 6.45) is 1.46. The highest BCUT2D eigenvalue weighted by Crippen LogP contribution is 2.17. The Morgan fingerprint density at radius 3 is 2.35 bits per heavy atom. The Bertz CT molecular complexity index is 1020. The van der Waals surface area contributed by atoms with Crippen LogP contribution in [-0.4, -0.2) is 52.4 Å². The molecule has 0 aliphatic carbocycles. The third kappa shape index (κ3) is 2.69. The van der Waals surface area contributed by atoms with Crippen molar-refractivity contribution >= 4 is 22.9 Å². The van der Waals surface area contributed by atoms with E-state index in [1.54, 1.807) is 47.2 Å². The molecular weight excluding hydrogens is 338 g/mol. The van der Waals surface area contributed by atoms with Gasteiger partial charge in [-0.25, -0.2) is 4.79 Å². The Morgan fingerprint density at radius 1 is 1.00 bits per heavy atom. The van der Waals surface area contributed by atoms with E-state index < -0.39 is 5.76 Å². The number of carbonyl (C=O) groups is 2. The minimum Gasteiger partial charge on any atom is -0.459 e. The van der Waals surface area contributed by atoms with Gasteiger partial charge in [-0.3, -0.25) is 14.2 Å². The summed E-state index contributed by atoms with van der Waals surface area (Å²) in [4.78, 5) is 39.9. The van der Waals surface area contributed by atoms with Gasteiger partial charge in [0.15, 0.2) is 11.3 Å². The lowest BCUT2D eigenvalue weighted by Gasteiger charge is -2.34. The Morgan fingerprint density at radius 2 is 1.69 bits per heavy atom. The number of nitrogens with zero attached hydrogens (tertiary/aromatic N) is 3. The monoisotopic (exact) mass is 355 g/mol. The highest BCUT2D eigenvalue weighted by atomic mass is 16.4. The van der Waals surface area contributed by atoms with Crippen LogP contribution in [0.3, 0.4) is 0 Å². The van der Waals surface area contributed by atoms with Crippen LogP contribution >= 0.6 is 0 Å². The lowest BCUT2D eigenvalue weighted by molar-refractivity contribution is 0.0518. The normalized spacial score (nSPS) is 14.8. The SMILES string of the molecule is Cn1c(=O)oc2cc(C(=O)N3CCN(C(=O)c4ccco4)CC3)ccc21. The van der Waals surface area contributed by atoms with Crippen LogP contribution < -0.4 is 5.76 Å². The zero-order valence-corrected chi connectivity index (χ0v) is 14.2. The predicted molar refractivity (Wildman–Crippen MR) is 92.0 cm³/mol. The van der Waals surface area contributed by atoms with Gasteiger partial charge in [-0.1, -0.05) is 0 Å². The van der Waals surface area contributed by atoms with E-state index in [4.69, 9.17) is 8.83 Å². The Balaban J connectivity index is 1.46. The topological polar surface area (TPSA) is 88.9 Å². The molecule has 2 aromatic heterocycles. The van der Waals surface area contributed by atoms with Gasteiger partial charge in [0.25, 0.3) is 11.8 Å². The third-order valence-corrected chi connectivity index (χ3v) is 4.63. The Hall–Kier alpha value is -3.29. The number of piperazine rings is 1. The summed E-state index contributed by atoms with van der Waals surface area (Å²) in [6.45, 7) is 1.74. The molecule has 8 nitrogen and oxygen atoms in total. The van der Waals surface area contributed by atoms with Gasteiger partial charge >= 0.3 is 5.76 Å². The van der Waals surface area contributed by atoms with Crippen molar-refractivity contribution in [2.45, 2.75) is 0 Å². The maximum atomic E-state index is 12.7. The molecule has 0 radical (unpaired) electrons. The molecule has 1 saturated heterocycles. The first kappa shape index (κ1) is 16.2. The van der Waals surface area contributed by atoms with Crippen molar-refractivity contribution in [3.05, 3.63) is 58.5 Å². The van der Waals surface area contributed by atoms with Gasteiger partial charge in [0.2, 0.25) is 0 Å². The standard InChI is InChI=1S/C18H17N3O5/c1-19-13-5-4-12(11-15(13)26-18(19)24)16(22)20-6-8-21(9-7-20)17(23)14-3-2-10-25-14/h2-5,10-11H,6-9H2,1H3. The number of hydrogen-bond acceptors (Lipinski definition) is 5. The van der Waals surface area contributed by atoms with E-state index in [0.717, 1.165) is 0 Å². The minimum absolute atomic E-state index is 0.150. The van der Waals surface area contributed by atoms with Crippen molar-refractivity contribution < 1.29 is 18.4 Å². The largest absolute Gasteiger partial charge is 0.459 e. The summed E-state index contributed by atoms with van der Waals surface area (Å²) >= 11 is 0. The molecule has 0 atom stereocenters. The number of oxazole rings is 1. The van der Waals surface area contributed by atoms with Crippen LogP contribution in [0.2, 0.25) is 0 Å². The van der Waals surface area contributed by atoms with Gasteiger partial charge in [0.05, 0.1) is 11.8 Å². The number of aromatic nitrogens is 1. The van der Waals surface area contributed by atoms with Crippen LogP contribution in [0.5, 0.6) is 0 Å². The molecule has 0 spiro atoms. The van der Waals surface area contributed by atoms with E-state index >= 15 is 0 Å². The number of hydrogen-bond donors (Lipinski definition) is 0. The maximum absolute atomic E-state index is 12.7. The molecular formula is C18H17N3O5. The number of rotatable bonds is 2. The zero-order chi connectivity index (χ0) is 18.3. The van der Waals surface area contributed by atoms with Gasteiger partial charge in [0.1, 0.15) is 0 Å². The summed E-state index contributed by atoms with van der Waals surface area (Å²) in [5.74, 6) is -0.484. The fraction of sp³-hybridized carbons (Fsp3) is 0.278. The smallest absolute Gasteiger partial charge is 0.419 e. The molecule has 8 heteroatoms. The fourth-order valence-corrected chi connectivity index (χ4v) is 3.12. The lowest BCUT2D eigenvalue weighted by atomic mass is 10.1. The average Bonchev–Trinajstić information content (AvgIpc) is 3.29. The summed E-state index contributed by atoms with van der Waals surface area (Å²) in [5.41, 5.74) is 1.48. The quantitative estimate of drug-likeness (QED) is 0.692. The van der Waals surface area contributed by atoms with Crippen molar-refractivity contribution in [2.24, 2.45) is 7.05 Å². The summed E-state index contributed by atoms with van der Waals surface area (Å²) in [5, 5.41) is 0. The molecule has 1 aromatic carbocycles. The second-order valence-electron chi connectivity index (χ2n) is 6.17. The molecule has 3 heterocycles. The first-order valence-electron chi connectivity index (χ1n) is 8.26. The Labute approximate surface area is 148 Å². The molecule has 26 heavy (non-hydrogen) atoms. The van der Waals surface area contributed by atoms with E-state index in [1.807, 2.05) is 0 Å². The maximum Gasteiger partial charge on any atom is 0.419 e. The van der Waals surface area contributed by atoms with Crippen LogP contribution in [0.4, 0.5) is 0 Å². The van der Waals surface area contributed by atoms with Gasteiger partial charge < -0.3 is 18.6 Å². The molecule has 3 aromatic rings. The van der Waals surface area contributed by atoms with Crippen molar-refractivity contribution in [3.8, 4) is 0 Å². The molecule has 134 valence electrons. The lowest BCUT2D eigenvalue weighted by Crippen LogP contribution is -2.50. The van der Waals surface area contributed by atoms with Crippen molar-refractivity contribution in [2.75, 3.05) is 26.2 Å². The highest BCUT2D eigenvalue weighted by Gasteiger charge is 2.27. The minimum atomic E-state index is -0.463. The first-order valence-corrected chi connectivity index (χ1v) is 8.26. The summed E-state index contributed by atoms with van der Waals surface area (Å²) in [6, 6.07) is 8.26. The number of aryl methyl sites for hydroxylation is 1. The number of carbonyl (C=O) groups excluding carboxylic acids is 2. The second-order valence-corrected chi connectivity index (χ2v) is 6.17. The van der Waals surface area contributed by atoms with E-state index in [9.17, 15) is 14.4 Å². The first-order chi connectivity index (χ1) is 12.5. The van der Waals surface area contributed by atoms with E-state index in [2.05, 4.69) is 0 Å². The van der Waals surface area contributed by atoms with Gasteiger partial charge in [-0.05, 0) is 30.3 Å². The Kier molecular flexibility index (Phi) is 3.87. The molecule has 0 saturated carbocycles. The molecule has 2 amide bonds. The molecule has 1 fully saturated rings. The van der Waals surface area contributed by atoms with Crippen molar-refractivity contribution in [3.63, 3.8) is 0 Å². The van der Waals surface area contributed by atoms with Gasteiger partial charge in [0, 0.05) is 38.8 Å². The van der Waals surface area contributed by atoms with E-state index in [1.165, 1.54) is 10.8 Å². The molecule has 0 bridgehead atoms. The third-order valence-electron chi connectivity index (χ3n) is 4.63. The second kappa shape index (κ2) is 6.21. The van der Waals surface area contributed by atoms with Crippen LogP contribution in [0.1, 0.15) is 20.9 Å². The van der Waals surface area contributed by atoms with E-state index in [0.29, 0.717) is 48.6 Å².